The molecule has 0 aliphatic carbocycles. The van der Waals surface area contributed by atoms with E-state index in [-0.39, 0.29) is 24.6 Å². The molecule has 0 spiro atoms. The number of aliphatic hydroxyl groups excluding tert-OH is 1. The van der Waals surface area contributed by atoms with Crippen LogP contribution in [0.25, 0.3) is 0 Å². The van der Waals surface area contributed by atoms with Crippen molar-refractivity contribution in [3.63, 3.8) is 0 Å². The van der Waals surface area contributed by atoms with Crippen molar-refractivity contribution >= 4 is 49.2 Å². The van der Waals surface area contributed by atoms with Crippen molar-refractivity contribution in [2.75, 3.05) is 0 Å². The van der Waals surface area contributed by atoms with Crippen molar-refractivity contribution in [3.05, 3.63) is 76.7 Å². The van der Waals surface area contributed by atoms with Crippen LogP contribution in [0.4, 0.5) is 11.4 Å². The van der Waals surface area contributed by atoms with Crippen molar-refractivity contribution in [1.82, 2.24) is 0 Å². The first-order chi connectivity index (χ1) is 12.7. The van der Waals surface area contributed by atoms with Crippen LogP contribution in [0, 0.1) is 20.2 Å². The molecular formula is C16H14Br2N2O7. The lowest BCUT2D eigenvalue weighted by Crippen LogP contribution is -2.02. The fraction of sp³-hybridized carbons (Fsp3) is 0.188. The van der Waals surface area contributed by atoms with E-state index in [1.165, 1.54) is 19.1 Å². The van der Waals surface area contributed by atoms with Crippen LogP contribution in [-0.4, -0.2) is 20.9 Å². The summed E-state index contributed by atoms with van der Waals surface area (Å²) in [5.41, 5.74) is 0.540. The molecule has 0 saturated carbocycles. The highest BCUT2D eigenvalue weighted by molar-refractivity contribution is 9.10. The Morgan fingerprint density at radius 1 is 1.00 bits per heavy atom. The lowest BCUT2D eigenvalue weighted by Gasteiger charge is -2.05. The van der Waals surface area contributed by atoms with Gasteiger partial charge in [0.25, 0.3) is 11.4 Å². The Bertz CT molecular complexity index is 859. The lowest BCUT2D eigenvalue weighted by molar-refractivity contribution is -0.386. The van der Waals surface area contributed by atoms with Crippen molar-refractivity contribution < 1.29 is 24.5 Å². The standard InChI is InChI=1S/C9H8BrNO4.C7H6BrNO3/c1-6(12)15-5-7-8(10)3-2-4-9(7)11(13)14;8-6-2-1-3-7(9(11)12)5(6)4-10/h2-4H,5H2,1H3;1-3,10H,4H2. The second-order valence-corrected chi connectivity index (χ2v) is 6.64. The van der Waals surface area contributed by atoms with Gasteiger partial charge in [-0.05, 0) is 12.1 Å². The van der Waals surface area contributed by atoms with Crippen LogP contribution < -0.4 is 0 Å². The Morgan fingerprint density at radius 2 is 1.44 bits per heavy atom. The molecular weight excluding hydrogens is 492 g/mol. The maximum absolute atomic E-state index is 10.7. The third-order valence-corrected chi connectivity index (χ3v) is 4.65. The molecule has 0 atom stereocenters. The number of nitro groups is 2. The SMILES string of the molecule is CC(=O)OCc1c(Br)cccc1[N+](=O)[O-].O=[N+]([O-])c1cccc(Br)c1CO. The van der Waals surface area contributed by atoms with E-state index >= 15 is 0 Å². The van der Waals surface area contributed by atoms with Gasteiger partial charge in [0.15, 0.2) is 0 Å². The molecule has 9 nitrogen and oxygen atoms in total. The summed E-state index contributed by atoms with van der Waals surface area (Å²) in [4.78, 5) is 30.6. The number of esters is 1. The van der Waals surface area contributed by atoms with Gasteiger partial charge in [0, 0.05) is 28.0 Å². The van der Waals surface area contributed by atoms with Crippen LogP contribution in [0.5, 0.6) is 0 Å². The largest absolute Gasteiger partial charge is 0.461 e. The maximum Gasteiger partial charge on any atom is 0.302 e. The highest BCUT2D eigenvalue weighted by atomic mass is 79.9. The van der Waals surface area contributed by atoms with E-state index in [4.69, 9.17) is 9.84 Å². The number of aliphatic hydroxyl groups is 1. The van der Waals surface area contributed by atoms with E-state index in [2.05, 4.69) is 31.9 Å². The predicted octanol–water partition coefficient (Wildman–Crippen LogP) is 4.27. The molecule has 27 heavy (non-hydrogen) atoms. The first-order valence-electron chi connectivity index (χ1n) is 7.26. The molecule has 0 radical (unpaired) electrons. The maximum atomic E-state index is 10.7. The number of nitrogens with zero attached hydrogens (tertiary/aromatic N) is 2. The van der Waals surface area contributed by atoms with E-state index in [0.717, 1.165) is 0 Å². The fourth-order valence-corrected chi connectivity index (χ4v) is 2.86. The summed E-state index contributed by atoms with van der Waals surface area (Å²) in [6.07, 6.45) is 0. The summed E-state index contributed by atoms with van der Waals surface area (Å²) < 4.78 is 5.83. The van der Waals surface area contributed by atoms with Crippen molar-refractivity contribution in [3.8, 4) is 0 Å². The smallest absolute Gasteiger partial charge is 0.302 e. The van der Waals surface area contributed by atoms with Gasteiger partial charge in [0.2, 0.25) is 0 Å². The Hall–Kier alpha value is -2.37. The average molecular weight is 506 g/mol. The highest BCUT2D eigenvalue weighted by Gasteiger charge is 2.17. The molecule has 0 unspecified atom stereocenters. The number of rotatable bonds is 5. The van der Waals surface area contributed by atoms with Gasteiger partial charge in [0.05, 0.1) is 27.6 Å². The van der Waals surface area contributed by atoms with Crippen molar-refractivity contribution in [2.24, 2.45) is 0 Å². The van der Waals surface area contributed by atoms with Gasteiger partial charge < -0.3 is 9.84 Å². The Labute approximate surface area is 170 Å². The summed E-state index contributed by atoms with van der Waals surface area (Å²) in [5.74, 6) is -0.472. The van der Waals surface area contributed by atoms with Crippen molar-refractivity contribution in [1.29, 1.82) is 0 Å². The number of halogens is 2. The summed E-state index contributed by atoms with van der Waals surface area (Å²) in [6.45, 7) is 0.813. The average Bonchev–Trinajstić information content (AvgIpc) is 2.60. The van der Waals surface area contributed by atoms with E-state index in [1.807, 2.05) is 0 Å². The second-order valence-electron chi connectivity index (χ2n) is 4.93. The molecule has 0 bridgehead atoms. The molecule has 1 N–H and O–H groups in total. The van der Waals surface area contributed by atoms with Gasteiger partial charge in [-0.3, -0.25) is 25.0 Å². The predicted molar refractivity (Wildman–Crippen MR) is 103 cm³/mol. The summed E-state index contributed by atoms with van der Waals surface area (Å²) in [7, 11) is 0. The first kappa shape index (κ1) is 22.7. The number of ether oxygens (including phenoxy) is 1. The molecule has 0 fully saturated rings. The van der Waals surface area contributed by atoms with Gasteiger partial charge in [-0.1, -0.05) is 44.0 Å². The summed E-state index contributed by atoms with van der Waals surface area (Å²) in [6, 6.07) is 9.14. The Kier molecular flexibility index (Phi) is 8.98. The Balaban J connectivity index is 0.000000277. The molecule has 0 saturated heterocycles. The van der Waals surface area contributed by atoms with Crippen molar-refractivity contribution in [2.45, 2.75) is 20.1 Å². The molecule has 11 heteroatoms. The molecule has 144 valence electrons. The summed E-state index contributed by atoms with van der Waals surface area (Å²) in [5, 5.41) is 29.9. The first-order valence-corrected chi connectivity index (χ1v) is 8.85. The zero-order valence-corrected chi connectivity index (χ0v) is 17.1. The molecule has 0 heterocycles. The number of hydrogen-bond acceptors (Lipinski definition) is 7. The Morgan fingerprint density at radius 3 is 1.81 bits per heavy atom. The number of hydrogen-bond donors (Lipinski definition) is 1. The second kappa shape index (κ2) is 10.7. The van der Waals surface area contributed by atoms with E-state index < -0.39 is 15.8 Å². The number of carbonyl (C=O) groups is 1. The van der Waals surface area contributed by atoms with Crippen LogP contribution in [0.3, 0.4) is 0 Å². The van der Waals surface area contributed by atoms with E-state index in [9.17, 15) is 25.0 Å². The van der Waals surface area contributed by atoms with Gasteiger partial charge >= 0.3 is 5.97 Å². The molecule has 2 rings (SSSR count). The minimum atomic E-state index is -0.518. The fourth-order valence-electron chi connectivity index (χ4n) is 1.91. The summed E-state index contributed by atoms with van der Waals surface area (Å²) >= 11 is 6.28. The third-order valence-electron chi connectivity index (χ3n) is 3.16. The van der Waals surface area contributed by atoms with Gasteiger partial charge in [-0.2, -0.15) is 0 Å². The van der Waals surface area contributed by atoms with Crippen LogP contribution in [0.2, 0.25) is 0 Å². The van der Waals surface area contributed by atoms with E-state index in [1.54, 1.807) is 24.3 Å². The van der Waals surface area contributed by atoms with E-state index in [0.29, 0.717) is 20.1 Å². The van der Waals surface area contributed by atoms with Gasteiger partial charge in [-0.25, -0.2) is 0 Å². The van der Waals surface area contributed by atoms with Gasteiger partial charge in [0.1, 0.15) is 6.61 Å². The molecule has 0 amide bonds. The normalized spacial score (nSPS) is 9.78. The molecule has 0 aliphatic heterocycles. The minimum Gasteiger partial charge on any atom is -0.461 e. The third kappa shape index (κ3) is 6.70. The lowest BCUT2D eigenvalue weighted by atomic mass is 10.2. The topological polar surface area (TPSA) is 133 Å². The zero-order valence-electron chi connectivity index (χ0n) is 13.9. The molecule has 0 aliphatic rings. The van der Waals surface area contributed by atoms with Crippen LogP contribution >= 0.6 is 31.9 Å². The van der Waals surface area contributed by atoms with Crippen LogP contribution in [0.15, 0.2) is 45.3 Å². The minimum absolute atomic E-state index is 0.0631. The van der Waals surface area contributed by atoms with Crippen LogP contribution in [-0.2, 0) is 22.7 Å². The zero-order chi connectivity index (χ0) is 20.6. The number of nitro benzene ring substituents is 2. The van der Waals surface area contributed by atoms with Crippen LogP contribution in [0.1, 0.15) is 18.1 Å². The number of carbonyl (C=O) groups excluding carboxylic acids is 1. The highest BCUT2D eigenvalue weighted by Crippen LogP contribution is 2.27. The quantitative estimate of drug-likeness (QED) is 0.364. The molecule has 0 aromatic heterocycles. The monoisotopic (exact) mass is 504 g/mol. The molecule has 2 aromatic rings. The van der Waals surface area contributed by atoms with Gasteiger partial charge in [-0.15, -0.1) is 0 Å². The number of benzene rings is 2. The molecule has 2 aromatic carbocycles.